The van der Waals surface area contributed by atoms with Gasteiger partial charge in [0, 0.05) is 36.7 Å². The molecule has 2 heterocycles. The van der Waals surface area contributed by atoms with Crippen LogP contribution >= 0.6 is 11.8 Å². The first-order chi connectivity index (χ1) is 11.8. The molecule has 7 heteroatoms. The van der Waals surface area contributed by atoms with E-state index in [1.165, 1.54) is 37.9 Å². The standard InChI is InChI=1S/C17H30N6S/c1-3-18-16(19-12-15-21-20-14-22(15)4-2)23-10-11-24-17(13-23)8-6-5-7-9-17/h14H,3-13H2,1-2H3,(H,18,19). The second-order valence-corrected chi connectivity index (χ2v) is 8.28. The largest absolute Gasteiger partial charge is 0.357 e. The predicted molar refractivity (Wildman–Crippen MR) is 100 cm³/mol. The molecule has 0 unspecified atom stereocenters. The van der Waals surface area contributed by atoms with Crippen LogP contribution in [0.2, 0.25) is 0 Å². The van der Waals surface area contributed by atoms with Gasteiger partial charge in [-0.05, 0) is 26.7 Å². The van der Waals surface area contributed by atoms with Crippen molar-refractivity contribution in [2.75, 3.05) is 25.4 Å². The van der Waals surface area contributed by atoms with Crippen LogP contribution in [0.3, 0.4) is 0 Å². The van der Waals surface area contributed by atoms with Crippen LogP contribution in [0.25, 0.3) is 0 Å². The summed E-state index contributed by atoms with van der Waals surface area (Å²) in [6.45, 7) is 8.83. The summed E-state index contributed by atoms with van der Waals surface area (Å²) in [4.78, 5) is 7.34. The molecule has 134 valence electrons. The lowest BCUT2D eigenvalue weighted by Gasteiger charge is -2.45. The Morgan fingerprint density at radius 1 is 1.33 bits per heavy atom. The summed E-state index contributed by atoms with van der Waals surface area (Å²) in [5.41, 5.74) is 0. The van der Waals surface area contributed by atoms with E-state index in [9.17, 15) is 0 Å². The van der Waals surface area contributed by atoms with E-state index in [0.29, 0.717) is 11.3 Å². The van der Waals surface area contributed by atoms with Crippen molar-refractivity contribution in [1.82, 2.24) is 25.0 Å². The Hall–Kier alpha value is -1.24. The van der Waals surface area contributed by atoms with Crippen LogP contribution in [0.1, 0.15) is 51.8 Å². The molecule has 0 radical (unpaired) electrons. The minimum absolute atomic E-state index is 0.454. The average Bonchev–Trinajstić information content (AvgIpc) is 3.07. The lowest BCUT2D eigenvalue weighted by atomic mass is 9.87. The van der Waals surface area contributed by atoms with Crippen molar-refractivity contribution >= 4 is 17.7 Å². The maximum atomic E-state index is 4.87. The highest BCUT2D eigenvalue weighted by Gasteiger charge is 2.38. The van der Waals surface area contributed by atoms with Crippen LogP contribution in [0.15, 0.2) is 11.3 Å². The molecule has 6 nitrogen and oxygen atoms in total. The lowest BCUT2D eigenvalue weighted by molar-refractivity contribution is 0.293. The number of hydrogen-bond donors (Lipinski definition) is 1. The van der Waals surface area contributed by atoms with E-state index in [2.05, 4.69) is 50.6 Å². The summed E-state index contributed by atoms with van der Waals surface area (Å²) < 4.78 is 2.51. The van der Waals surface area contributed by atoms with Crippen LogP contribution in [-0.4, -0.2) is 55.8 Å². The molecule has 1 aromatic heterocycles. The number of nitrogens with zero attached hydrogens (tertiary/aromatic N) is 5. The van der Waals surface area contributed by atoms with Crippen LogP contribution < -0.4 is 5.32 Å². The molecular weight excluding hydrogens is 320 g/mol. The highest BCUT2D eigenvalue weighted by atomic mass is 32.2. The minimum atomic E-state index is 0.454. The quantitative estimate of drug-likeness (QED) is 0.668. The monoisotopic (exact) mass is 350 g/mol. The molecule has 1 aromatic rings. The SMILES string of the molecule is CCNC(=NCc1nncn1CC)N1CCSC2(CCCCC2)C1. The van der Waals surface area contributed by atoms with Crippen molar-refractivity contribution in [3.05, 3.63) is 12.2 Å². The summed E-state index contributed by atoms with van der Waals surface area (Å²) >= 11 is 2.20. The van der Waals surface area contributed by atoms with Gasteiger partial charge in [-0.25, -0.2) is 4.99 Å². The fourth-order valence-corrected chi connectivity index (χ4v) is 5.33. The molecule has 1 aliphatic heterocycles. The fraction of sp³-hybridized carbons (Fsp3) is 0.824. The van der Waals surface area contributed by atoms with E-state index in [1.807, 2.05) is 0 Å². The maximum absolute atomic E-state index is 4.87. The van der Waals surface area contributed by atoms with Crippen molar-refractivity contribution in [1.29, 1.82) is 0 Å². The molecule has 1 saturated heterocycles. The topological polar surface area (TPSA) is 58.3 Å². The van der Waals surface area contributed by atoms with Crippen LogP contribution in [0.5, 0.6) is 0 Å². The van der Waals surface area contributed by atoms with E-state index < -0.39 is 0 Å². The number of aryl methyl sites for hydroxylation is 1. The molecule has 1 spiro atoms. The van der Waals surface area contributed by atoms with Gasteiger partial charge in [-0.1, -0.05) is 19.3 Å². The fourth-order valence-electron chi connectivity index (χ4n) is 3.76. The van der Waals surface area contributed by atoms with Gasteiger partial charge in [-0.3, -0.25) is 0 Å². The van der Waals surface area contributed by atoms with Crippen molar-refractivity contribution < 1.29 is 0 Å². The van der Waals surface area contributed by atoms with Gasteiger partial charge in [-0.2, -0.15) is 11.8 Å². The number of nitrogens with one attached hydrogen (secondary N) is 1. The number of rotatable bonds is 4. The van der Waals surface area contributed by atoms with E-state index >= 15 is 0 Å². The predicted octanol–water partition coefficient (Wildman–Crippen LogP) is 2.52. The zero-order valence-corrected chi connectivity index (χ0v) is 15.8. The van der Waals surface area contributed by atoms with Crippen molar-refractivity contribution in [3.63, 3.8) is 0 Å². The molecule has 2 fully saturated rings. The zero-order chi connectivity index (χ0) is 16.8. The lowest BCUT2D eigenvalue weighted by Crippen LogP contribution is -2.53. The van der Waals surface area contributed by atoms with Crippen LogP contribution in [0.4, 0.5) is 0 Å². The molecular formula is C17H30N6S. The van der Waals surface area contributed by atoms with E-state index in [4.69, 9.17) is 4.99 Å². The maximum Gasteiger partial charge on any atom is 0.194 e. The molecule has 1 aliphatic carbocycles. The Labute approximate surface area is 149 Å². The van der Waals surface area contributed by atoms with Crippen molar-refractivity contribution in [2.45, 2.75) is 63.8 Å². The third-order valence-electron chi connectivity index (χ3n) is 5.05. The molecule has 24 heavy (non-hydrogen) atoms. The normalized spacial score (nSPS) is 21.2. The smallest absolute Gasteiger partial charge is 0.194 e. The first-order valence-electron chi connectivity index (χ1n) is 9.30. The van der Waals surface area contributed by atoms with E-state index in [-0.39, 0.29) is 0 Å². The van der Waals surface area contributed by atoms with E-state index in [0.717, 1.165) is 38.0 Å². The molecule has 0 atom stereocenters. The second kappa shape index (κ2) is 8.23. The molecule has 1 N–H and O–H groups in total. The molecule has 3 rings (SSSR count). The van der Waals surface area contributed by atoms with Crippen LogP contribution in [-0.2, 0) is 13.1 Å². The molecule has 1 saturated carbocycles. The summed E-state index contributed by atoms with van der Waals surface area (Å²) in [5.74, 6) is 3.18. The number of aromatic nitrogens is 3. The molecule has 0 aromatic carbocycles. The Kier molecular flexibility index (Phi) is 6.03. The highest BCUT2D eigenvalue weighted by molar-refractivity contribution is 8.00. The van der Waals surface area contributed by atoms with Gasteiger partial charge in [-0.15, -0.1) is 10.2 Å². The first-order valence-corrected chi connectivity index (χ1v) is 10.3. The average molecular weight is 351 g/mol. The third-order valence-corrected chi connectivity index (χ3v) is 6.59. The third kappa shape index (κ3) is 4.05. The Morgan fingerprint density at radius 3 is 2.92 bits per heavy atom. The van der Waals surface area contributed by atoms with Crippen molar-refractivity contribution in [3.8, 4) is 0 Å². The Balaban J connectivity index is 1.71. The summed E-state index contributed by atoms with van der Waals surface area (Å²) in [6.07, 6.45) is 8.67. The number of hydrogen-bond acceptors (Lipinski definition) is 4. The number of aliphatic imine (C=N–C) groups is 1. The Bertz CT molecular complexity index is 544. The molecule has 0 amide bonds. The van der Waals surface area contributed by atoms with Gasteiger partial charge in [0.15, 0.2) is 11.8 Å². The van der Waals surface area contributed by atoms with Crippen molar-refractivity contribution in [2.24, 2.45) is 4.99 Å². The number of thioether (sulfide) groups is 1. The molecule has 2 aliphatic rings. The number of guanidine groups is 1. The van der Waals surface area contributed by atoms with Crippen LogP contribution in [0, 0.1) is 0 Å². The summed E-state index contributed by atoms with van der Waals surface area (Å²) in [6, 6.07) is 0. The molecule has 0 bridgehead atoms. The van der Waals surface area contributed by atoms with Gasteiger partial charge >= 0.3 is 0 Å². The second-order valence-electron chi connectivity index (χ2n) is 6.72. The van der Waals surface area contributed by atoms with Gasteiger partial charge in [0.2, 0.25) is 0 Å². The van der Waals surface area contributed by atoms with Gasteiger partial charge in [0.25, 0.3) is 0 Å². The first kappa shape index (κ1) is 17.6. The van der Waals surface area contributed by atoms with Gasteiger partial charge in [0.05, 0.1) is 0 Å². The van der Waals surface area contributed by atoms with Gasteiger partial charge < -0.3 is 14.8 Å². The highest BCUT2D eigenvalue weighted by Crippen LogP contribution is 2.42. The minimum Gasteiger partial charge on any atom is -0.357 e. The van der Waals surface area contributed by atoms with E-state index in [1.54, 1.807) is 6.33 Å². The van der Waals surface area contributed by atoms with Gasteiger partial charge in [0.1, 0.15) is 12.9 Å². The Morgan fingerprint density at radius 2 is 2.17 bits per heavy atom. The summed E-state index contributed by atoms with van der Waals surface area (Å²) in [5, 5.41) is 11.7. The zero-order valence-electron chi connectivity index (χ0n) is 15.0. The summed E-state index contributed by atoms with van der Waals surface area (Å²) in [7, 11) is 0.